The molecule has 5 heteroatoms. The van der Waals surface area contributed by atoms with E-state index in [1.54, 1.807) is 6.07 Å². The number of rotatable bonds is 4. The Morgan fingerprint density at radius 3 is 2.94 bits per heavy atom. The van der Waals surface area contributed by atoms with Gasteiger partial charge >= 0.3 is 0 Å². The topological polar surface area (TPSA) is 74.2 Å². The summed E-state index contributed by atoms with van der Waals surface area (Å²) in [6.07, 6.45) is 1.14. The second-order valence-electron chi connectivity index (χ2n) is 4.69. The molecule has 3 rings (SSSR count). The van der Waals surface area contributed by atoms with E-state index in [1.165, 1.54) is 0 Å². The van der Waals surface area contributed by atoms with Gasteiger partial charge in [0.15, 0.2) is 12.4 Å². The van der Waals surface area contributed by atoms with Crippen molar-refractivity contribution in [2.24, 2.45) is 5.92 Å². The van der Waals surface area contributed by atoms with Crippen molar-refractivity contribution in [1.29, 1.82) is 0 Å². The lowest BCUT2D eigenvalue weighted by molar-refractivity contribution is 0.243. The van der Waals surface area contributed by atoms with Crippen LogP contribution in [0.15, 0.2) is 28.8 Å². The Kier molecular flexibility index (Phi) is 2.66. The molecule has 0 bridgehead atoms. The van der Waals surface area contributed by atoms with E-state index in [9.17, 15) is 0 Å². The summed E-state index contributed by atoms with van der Waals surface area (Å²) in [4.78, 5) is 4.32. The first-order chi connectivity index (χ1) is 8.74. The molecular weight excluding hydrogens is 230 g/mol. The fourth-order valence-corrected chi connectivity index (χ4v) is 1.91. The molecule has 0 amide bonds. The van der Waals surface area contributed by atoms with Gasteiger partial charge in [0.1, 0.15) is 5.75 Å². The normalized spacial score (nSPS) is 21.8. The second-order valence-corrected chi connectivity index (χ2v) is 4.69. The Bertz CT molecular complexity index is 553. The van der Waals surface area contributed by atoms with Gasteiger partial charge in [-0.15, -0.1) is 0 Å². The van der Waals surface area contributed by atoms with Crippen LogP contribution in [0.25, 0.3) is 0 Å². The van der Waals surface area contributed by atoms with Crippen LogP contribution in [-0.2, 0) is 6.61 Å². The zero-order valence-corrected chi connectivity index (χ0v) is 10.2. The summed E-state index contributed by atoms with van der Waals surface area (Å²) in [7, 11) is 0. The SMILES string of the molecule is CC1CC1c1noc(COc2ccccc2N)n1. The fourth-order valence-electron chi connectivity index (χ4n) is 1.91. The van der Waals surface area contributed by atoms with Crippen LogP contribution in [0.4, 0.5) is 5.69 Å². The fraction of sp³-hybridized carbons (Fsp3) is 0.385. The number of aromatic nitrogens is 2. The van der Waals surface area contributed by atoms with Gasteiger partial charge in [-0.2, -0.15) is 4.98 Å². The van der Waals surface area contributed by atoms with Crippen LogP contribution in [0.5, 0.6) is 5.75 Å². The van der Waals surface area contributed by atoms with Gasteiger partial charge in [-0.25, -0.2) is 0 Å². The number of anilines is 1. The van der Waals surface area contributed by atoms with E-state index in [-0.39, 0.29) is 6.61 Å². The number of nitrogens with zero attached hydrogens (tertiary/aromatic N) is 2. The molecule has 1 saturated carbocycles. The molecule has 0 radical (unpaired) electrons. The maximum Gasteiger partial charge on any atom is 0.264 e. The highest BCUT2D eigenvalue weighted by atomic mass is 16.5. The first-order valence-electron chi connectivity index (χ1n) is 6.04. The second kappa shape index (κ2) is 4.33. The van der Waals surface area contributed by atoms with Crippen LogP contribution >= 0.6 is 0 Å². The number of para-hydroxylation sites is 2. The summed E-state index contributed by atoms with van der Waals surface area (Å²) in [5.74, 6) is 3.05. The van der Waals surface area contributed by atoms with Gasteiger partial charge < -0.3 is 15.0 Å². The minimum atomic E-state index is 0.252. The van der Waals surface area contributed by atoms with Gasteiger partial charge in [0.05, 0.1) is 5.69 Å². The third-order valence-corrected chi connectivity index (χ3v) is 3.20. The summed E-state index contributed by atoms with van der Waals surface area (Å²) < 4.78 is 10.7. The predicted octanol–water partition coefficient (Wildman–Crippen LogP) is 2.35. The monoisotopic (exact) mass is 245 g/mol. The van der Waals surface area contributed by atoms with E-state index < -0.39 is 0 Å². The van der Waals surface area contributed by atoms with Crippen molar-refractivity contribution in [2.75, 3.05) is 5.73 Å². The third-order valence-electron chi connectivity index (χ3n) is 3.20. The lowest BCUT2D eigenvalue weighted by Gasteiger charge is -2.05. The molecule has 1 aliphatic rings. The zero-order valence-electron chi connectivity index (χ0n) is 10.2. The largest absolute Gasteiger partial charge is 0.482 e. The van der Waals surface area contributed by atoms with Crippen molar-refractivity contribution in [1.82, 2.24) is 10.1 Å². The van der Waals surface area contributed by atoms with Crippen molar-refractivity contribution < 1.29 is 9.26 Å². The van der Waals surface area contributed by atoms with Gasteiger partial charge in [0, 0.05) is 5.92 Å². The molecule has 1 fully saturated rings. The Hall–Kier alpha value is -2.04. The van der Waals surface area contributed by atoms with Crippen LogP contribution < -0.4 is 10.5 Å². The molecule has 94 valence electrons. The molecule has 5 nitrogen and oxygen atoms in total. The molecule has 1 heterocycles. The molecule has 1 aliphatic carbocycles. The average molecular weight is 245 g/mol. The molecule has 0 spiro atoms. The molecule has 0 saturated heterocycles. The Morgan fingerprint density at radius 1 is 1.44 bits per heavy atom. The predicted molar refractivity (Wildman–Crippen MR) is 66.0 cm³/mol. The highest BCUT2D eigenvalue weighted by molar-refractivity contribution is 5.51. The molecule has 1 aromatic heterocycles. The molecule has 2 aromatic rings. The summed E-state index contributed by atoms with van der Waals surface area (Å²) in [5, 5.41) is 3.97. The van der Waals surface area contributed by atoms with Gasteiger partial charge in [-0.1, -0.05) is 24.2 Å². The Labute approximate surface area is 105 Å². The van der Waals surface area contributed by atoms with Gasteiger partial charge in [-0.05, 0) is 24.5 Å². The van der Waals surface area contributed by atoms with Crippen LogP contribution in [0.3, 0.4) is 0 Å². The van der Waals surface area contributed by atoms with Crippen molar-refractivity contribution in [2.45, 2.75) is 25.9 Å². The summed E-state index contributed by atoms with van der Waals surface area (Å²) in [6.45, 7) is 2.43. The van der Waals surface area contributed by atoms with Crippen LogP contribution in [0.2, 0.25) is 0 Å². The number of ether oxygens (including phenoxy) is 1. The number of nitrogen functional groups attached to an aromatic ring is 1. The first-order valence-corrected chi connectivity index (χ1v) is 6.04. The molecule has 2 N–H and O–H groups in total. The van der Waals surface area contributed by atoms with Gasteiger partial charge in [-0.3, -0.25) is 0 Å². The summed E-state index contributed by atoms with van der Waals surface area (Å²) in [6, 6.07) is 7.34. The van der Waals surface area contributed by atoms with Crippen molar-refractivity contribution in [3.63, 3.8) is 0 Å². The number of hydrogen-bond donors (Lipinski definition) is 1. The molecule has 2 atom stereocenters. The molecule has 1 aromatic carbocycles. The molecular formula is C13H15N3O2. The lowest BCUT2D eigenvalue weighted by atomic mass is 10.3. The quantitative estimate of drug-likeness (QED) is 0.837. The highest BCUT2D eigenvalue weighted by Gasteiger charge is 2.38. The third kappa shape index (κ3) is 2.16. The molecule has 2 unspecified atom stereocenters. The van der Waals surface area contributed by atoms with Crippen LogP contribution in [0.1, 0.15) is 31.0 Å². The van der Waals surface area contributed by atoms with Crippen LogP contribution in [-0.4, -0.2) is 10.1 Å². The highest BCUT2D eigenvalue weighted by Crippen LogP contribution is 2.45. The smallest absolute Gasteiger partial charge is 0.264 e. The lowest BCUT2D eigenvalue weighted by Crippen LogP contribution is -1.99. The van der Waals surface area contributed by atoms with Crippen molar-refractivity contribution in [3.8, 4) is 5.75 Å². The minimum Gasteiger partial charge on any atom is -0.482 e. The number of benzene rings is 1. The van der Waals surface area contributed by atoms with E-state index in [2.05, 4.69) is 17.1 Å². The van der Waals surface area contributed by atoms with E-state index in [0.717, 1.165) is 12.2 Å². The molecule has 0 aliphatic heterocycles. The Balaban J connectivity index is 1.63. The van der Waals surface area contributed by atoms with Crippen LogP contribution in [0, 0.1) is 5.92 Å². The van der Waals surface area contributed by atoms with Crippen molar-refractivity contribution >= 4 is 5.69 Å². The standard InChI is InChI=1S/C13H15N3O2/c1-8-6-9(8)13-15-12(18-16-13)7-17-11-5-3-2-4-10(11)14/h2-5,8-9H,6-7,14H2,1H3. The van der Waals surface area contributed by atoms with E-state index in [4.69, 9.17) is 15.0 Å². The molecule has 18 heavy (non-hydrogen) atoms. The Morgan fingerprint density at radius 2 is 2.22 bits per heavy atom. The zero-order chi connectivity index (χ0) is 12.5. The summed E-state index contributed by atoms with van der Waals surface area (Å²) >= 11 is 0. The van der Waals surface area contributed by atoms with E-state index in [1.807, 2.05) is 18.2 Å². The first kappa shape index (κ1) is 11.1. The number of nitrogens with two attached hydrogens (primary N) is 1. The minimum absolute atomic E-state index is 0.252. The van der Waals surface area contributed by atoms with Gasteiger partial charge in [0.2, 0.25) is 0 Å². The van der Waals surface area contributed by atoms with E-state index in [0.29, 0.717) is 29.2 Å². The maximum absolute atomic E-state index is 5.77. The van der Waals surface area contributed by atoms with Crippen molar-refractivity contribution in [3.05, 3.63) is 36.0 Å². The summed E-state index contributed by atoms with van der Waals surface area (Å²) in [5.41, 5.74) is 6.38. The number of hydrogen-bond acceptors (Lipinski definition) is 5. The van der Waals surface area contributed by atoms with Gasteiger partial charge in [0.25, 0.3) is 5.89 Å². The average Bonchev–Trinajstić information content (AvgIpc) is 2.91. The van der Waals surface area contributed by atoms with E-state index >= 15 is 0 Å². The maximum atomic E-state index is 5.77.